The highest BCUT2D eigenvalue weighted by molar-refractivity contribution is 5.85. The van der Waals surface area contributed by atoms with Crippen LogP contribution in [0.3, 0.4) is 0 Å². The van der Waals surface area contributed by atoms with Crippen LogP contribution in [0.4, 0.5) is 0 Å². The SMILES string of the molecule is CC(NC(=O)[C@@H]1CCC[C@@H]1CN)C1CCCCC1.Cl. The first kappa shape index (κ1) is 16.8. The largest absolute Gasteiger partial charge is 0.353 e. The van der Waals surface area contributed by atoms with E-state index in [1.165, 1.54) is 32.1 Å². The molecular formula is C15H29ClN2O. The Bertz CT molecular complexity index is 279. The number of amides is 1. The van der Waals surface area contributed by atoms with Crippen molar-refractivity contribution in [1.29, 1.82) is 0 Å². The molecule has 4 heteroatoms. The minimum absolute atomic E-state index is 0. The fourth-order valence-electron chi connectivity index (χ4n) is 3.75. The number of nitrogens with two attached hydrogens (primary N) is 1. The Morgan fingerprint density at radius 2 is 1.84 bits per heavy atom. The van der Waals surface area contributed by atoms with E-state index in [-0.39, 0.29) is 24.2 Å². The van der Waals surface area contributed by atoms with Crippen LogP contribution in [0, 0.1) is 17.8 Å². The maximum absolute atomic E-state index is 12.3. The van der Waals surface area contributed by atoms with Gasteiger partial charge in [-0.1, -0.05) is 25.7 Å². The van der Waals surface area contributed by atoms with E-state index in [9.17, 15) is 4.79 Å². The lowest BCUT2D eigenvalue weighted by Crippen LogP contribution is -2.43. The van der Waals surface area contributed by atoms with Gasteiger partial charge >= 0.3 is 0 Å². The highest BCUT2D eigenvalue weighted by atomic mass is 35.5. The summed E-state index contributed by atoms with van der Waals surface area (Å²) in [7, 11) is 0. The number of rotatable bonds is 4. The molecule has 2 aliphatic rings. The van der Waals surface area contributed by atoms with Crippen LogP contribution in [0.25, 0.3) is 0 Å². The average Bonchev–Trinajstić information content (AvgIpc) is 2.88. The van der Waals surface area contributed by atoms with Gasteiger partial charge in [0, 0.05) is 12.0 Å². The van der Waals surface area contributed by atoms with Gasteiger partial charge in [0.05, 0.1) is 0 Å². The predicted octanol–water partition coefficient (Wildman–Crippen LogP) is 2.87. The zero-order chi connectivity index (χ0) is 13.0. The molecule has 0 saturated heterocycles. The molecule has 2 aliphatic carbocycles. The van der Waals surface area contributed by atoms with Gasteiger partial charge in [0.2, 0.25) is 5.91 Å². The van der Waals surface area contributed by atoms with Crippen molar-refractivity contribution in [2.75, 3.05) is 6.54 Å². The molecule has 0 spiro atoms. The number of hydrogen-bond donors (Lipinski definition) is 2. The van der Waals surface area contributed by atoms with Crippen molar-refractivity contribution in [3.63, 3.8) is 0 Å². The first-order chi connectivity index (χ1) is 8.72. The third-order valence-corrected chi connectivity index (χ3v) is 5.03. The van der Waals surface area contributed by atoms with E-state index < -0.39 is 0 Å². The summed E-state index contributed by atoms with van der Waals surface area (Å²) in [5.41, 5.74) is 5.76. The van der Waals surface area contributed by atoms with E-state index in [0.717, 1.165) is 19.3 Å². The van der Waals surface area contributed by atoms with Crippen LogP contribution in [-0.4, -0.2) is 18.5 Å². The summed E-state index contributed by atoms with van der Waals surface area (Å²) in [6.07, 6.45) is 9.93. The second kappa shape index (κ2) is 8.11. The van der Waals surface area contributed by atoms with Crippen molar-refractivity contribution in [2.24, 2.45) is 23.5 Å². The van der Waals surface area contributed by atoms with Crippen molar-refractivity contribution in [3.8, 4) is 0 Å². The molecule has 2 fully saturated rings. The van der Waals surface area contributed by atoms with Crippen LogP contribution < -0.4 is 11.1 Å². The van der Waals surface area contributed by atoms with Crippen molar-refractivity contribution >= 4 is 18.3 Å². The van der Waals surface area contributed by atoms with Gasteiger partial charge in [-0.3, -0.25) is 4.79 Å². The molecule has 3 atom stereocenters. The topological polar surface area (TPSA) is 55.1 Å². The molecule has 0 aromatic carbocycles. The lowest BCUT2D eigenvalue weighted by Gasteiger charge is -2.29. The summed E-state index contributed by atoms with van der Waals surface area (Å²) in [6.45, 7) is 2.84. The van der Waals surface area contributed by atoms with Gasteiger partial charge in [-0.2, -0.15) is 0 Å². The predicted molar refractivity (Wildman–Crippen MR) is 81.3 cm³/mol. The van der Waals surface area contributed by atoms with Gasteiger partial charge in [-0.25, -0.2) is 0 Å². The number of nitrogens with one attached hydrogen (secondary N) is 1. The van der Waals surface area contributed by atoms with E-state index >= 15 is 0 Å². The summed E-state index contributed by atoms with van der Waals surface area (Å²) in [5, 5.41) is 3.26. The number of halogens is 1. The molecule has 0 aliphatic heterocycles. The van der Waals surface area contributed by atoms with Crippen LogP contribution >= 0.6 is 12.4 Å². The van der Waals surface area contributed by atoms with E-state index in [0.29, 0.717) is 24.4 Å². The molecule has 1 amide bonds. The molecule has 1 unspecified atom stereocenters. The first-order valence-electron chi connectivity index (χ1n) is 7.72. The monoisotopic (exact) mass is 288 g/mol. The zero-order valence-corrected chi connectivity index (χ0v) is 12.9. The molecule has 112 valence electrons. The molecule has 0 aromatic rings. The second-order valence-corrected chi connectivity index (χ2v) is 6.23. The Morgan fingerprint density at radius 3 is 2.47 bits per heavy atom. The maximum atomic E-state index is 12.3. The summed E-state index contributed by atoms with van der Waals surface area (Å²) in [6, 6.07) is 0.344. The minimum atomic E-state index is 0. The van der Waals surface area contributed by atoms with E-state index in [1.807, 2.05) is 0 Å². The standard InChI is InChI=1S/C15H28N2O.ClH/c1-11(12-6-3-2-4-7-12)17-15(18)14-9-5-8-13(14)10-16;/h11-14H,2-10,16H2,1H3,(H,17,18);1H/t11?,13-,14-;/m1./s1. The molecule has 2 rings (SSSR count). The van der Waals surface area contributed by atoms with Gasteiger partial charge in [-0.15, -0.1) is 12.4 Å². The number of carbonyl (C=O) groups excluding carboxylic acids is 1. The van der Waals surface area contributed by atoms with E-state index in [4.69, 9.17) is 5.73 Å². The van der Waals surface area contributed by atoms with Gasteiger partial charge in [0.15, 0.2) is 0 Å². The molecule has 0 aromatic heterocycles. The maximum Gasteiger partial charge on any atom is 0.223 e. The van der Waals surface area contributed by atoms with Gasteiger partial charge in [0.25, 0.3) is 0 Å². The van der Waals surface area contributed by atoms with E-state index in [2.05, 4.69) is 12.2 Å². The highest BCUT2D eigenvalue weighted by Crippen LogP contribution is 2.32. The van der Waals surface area contributed by atoms with Crippen molar-refractivity contribution in [2.45, 2.75) is 64.3 Å². The zero-order valence-electron chi connectivity index (χ0n) is 12.1. The number of carbonyl (C=O) groups is 1. The second-order valence-electron chi connectivity index (χ2n) is 6.23. The number of hydrogen-bond acceptors (Lipinski definition) is 2. The smallest absolute Gasteiger partial charge is 0.223 e. The first-order valence-corrected chi connectivity index (χ1v) is 7.72. The summed E-state index contributed by atoms with van der Waals surface area (Å²) >= 11 is 0. The van der Waals surface area contributed by atoms with Crippen LogP contribution in [0.2, 0.25) is 0 Å². The normalized spacial score (nSPS) is 29.6. The van der Waals surface area contributed by atoms with Gasteiger partial charge in [-0.05, 0) is 51.0 Å². The van der Waals surface area contributed by atoms with Crippen LogP contribution in [-0.2, 0) is 4.79 Å². The van der Waals surface area contributed by atoms with Crippen molar-refractivity contribution in [1.82, 2.24) is 5.32 Å². The molecule has 3 N–H and O–H groups in total. The third-order valence-electron chi connectivity index (χ3n) is 5.03. The Kier molecular flexibility index (Phi) is 7.16. The average molecular weight is 289 g/mol. The van der Waals surface area contributed by atoms with Gasteiger partial charge in [0.1, 0.15) is 0 Å². The van der Waals surface area contributed by atoms with Crippen LogP contribution in [0.1, 0.15) is 58.3 Å². The van der Waals surface area contributed by atoms with Crippen molar-refractivity contribution in [3.05, 3.63) is 0 Å². The molecule has 0 heterocycles. The summed E-state index contributed by atoms with van der Waals surface area (Å²) in [5.74, 6) is 1.56. The van der Waals surface area contributed by atoms with Crippen LogP contribution in [0.15, 0.2) is 0 Å². The fraction of sp³-hybridized carbons (Fsp3) is 0.933. The lowest BCUT2D eigenvalue weighted by molar-refractivity contribution is -0.127. The van der Waals surface area contributed by atoms with Crippen LogP contribution in [0.5, 0.6) is 0 Å². The fourth-order valence-corrected chi connectivity index (χ4v) is 3.75. The Morgan fingerprint density at radius 1 is 1.16 bits per heavy atom. The quantitative estimate of drug-likeness (QED) is 0.836. The Balaban J connectivity index is 0.00000180. The Hall–Kier alpha value is -0.280. The molecule has 0 radical (unpaired) electrons. The minimum Gasteiger partial charge on any atom is -0.353 e. The molecular weight excluding hydrogens is 260 g/mol. The highest BCUT2D eigenvalue weighted by Gasteiger charge is 2.33. The molecule has 2 saturated carbocycles. The Labute approximate surface area is 123 Å². The van der Waals surface area contributed by atoms with Crippen molar-refractivity contribution < 1.29 is 4.79 Å². The molecule has 19 heavy (non-hydrogen) atoms. The molecule has 3 nitrogen and oxygen atoms in total. The van der Waals surface area contributed by atoms with E-state index in [1.54, 1.807) is 0 Å². The third kappa shape index (κ3) is 4.35. The summed E-state index contributed by atoms with van der Waals surface area (Å²) < 4.78 is 0. The molecule has 0 bridgehead atoms. The summed E-state index contributed by atoms with van der Waals surface area (Å²) in [4.78, 5) is 12.3. The van der Waals surface area contributed by atoms with Gasteiger partial charge < -0.3 is 11.1 Å². The lowest BCUT2D eigenvalue weighted by atomic mass is 9.84.